The van der Waals surface area contributed by atoms with Crippen molar-refractivity contribution in [2.75, 3.05) is 20.2 Å². The number of nitrogens with zero attached hydrogens (tertiary/aromatic N) is 4. The smallest absolute Gasteiger partial charge is 0.238 e. The summed E-state index contributed by atoms with van der Waals surface area (Å²) in [6.07, 6.45) is 9.38. The van der Waals surface area contributed by atoms with E-state index in [1.807, 2.05) is 36.7 Å². The van der Waals surface area contributed by atoms with Crippen LogP contribution in [0.1, 0.15) is 30.3 Å². The number of aromatic nitrogens is 4. The van der Waals surface area contributed by atoms with Crippen LogP contribution in [0.2, 0.25) is 0 Å². The Hall–Kier alpha value is -2.93. The van der Waals surface area contributed by atoms with Crippen molar-refractivity contribution in [2.45, 2.75) is 25.3 Å². The number of aromatic amines is 1. The largest absolute Gasteiger partial charge is 0.497 e. The molecule has 0 unspecified atom stereocenters. The average Bonchev–Trinajstić information content (AvgIpc) is 3.22. The predicted molar refractivity (Wildman–Crippen MR) is 101 cm³/mol. The number of hydrogen-bond donors (Lipinski definition) is 1. The van der Waals surface area contributed by atoms with Gasteiger partial charge in [0.2, 0.25) is 5.88 Å². The number of nitrogens with one attached hydrogen (secondary N) is 1. The van der Waals surface area contributed by atoms with Gasteiger partial charge in [0.15, 0.2) is 0 Å². The Kier molecular flexibility index (Phi) is 5.29. The molecular weight excluding hydrogens is 342 g/mol. The normalized spacial score (nSPS) is 17.6. The number of ether oxygens (including phenoxy) is 2. The SMILES string of the molecule is COc1cccc(Oc2cncc([C@@H]3CCCN(Cc4ncc[nH]4)C3)n2)c1. The monoisotopic (exact) mass is 365 g/mol. The zero-order valence-electron chi connectivity index (χ0n) is 15.3. The fraction of sp³-hybridized carbons (Fsp3) is 0.350. The van der Waals surface area contributed by atoms with Crippen LogP contribution >= 0.6 is 0 Å². The van der Waals surface area contributed by atoms with Crippen LogP contribution < -0.4 is 9.47 Å². The highest BCUT2D eigenvalue weighted by Crippen LogP contribution is 2.28. The van der Waals surface area contributed by atoms with Crippen LogP contribution in [0, 0.1) is 0 Å². The molecule has 7 heteroatoms. The minimum absolute atomic E-state index is 0.343. The maximum Gasteiger partial charge on any atom is 0.238 e. The lowest BCUT2D eigenvalue weighted by atomic mass is 9.95. The van der Waals surface area contributed by atoms with Gasteiger partial charge in [-0.1, -0.05) is 6.07 Å². The summed E-state index contributed by atoms with van der Waals surface area (Å²) in [4.78, 5) is 19.0. The van der Waals surface area contributed by atoms with Gasteiger partial charge >= 0.3 is 0 Å². The van der Waals surface area contributed by atoms with Crippen LogP contribution in [0.4, 0.5) is 0 Å². The number of methoxy groups -OCH3 is 1. The van der Waals surface area contributed by atoms with Gasteiger partial charge in [0, 0.05) is 37.1 Å². The molecule has 1 atom stereocenters. The molecule has 1 N–H and O–H groups in total. The molecule has 0 spiro atoms. The quantitative estimate of drug-likeness (QED) is 0.722. The first-order valence-electron chi connectivity index (χ1n) is 9.14. The van der Waals surface area contributed by atoms with Crippen molar-refractivity contribution >= 4 is 0 Å². The van der Waals surface area contributed by atoms with E-state index in [2.05, 4.69) is 19.9 Å². The highest BCUT2D eigenvalue weighted by atomic mass is 16.5. The molecule has 1 saturated heterocycles. The molecule has 2 aromatic heterocycles. The summed E-state index contributed by atoms with van der Waals surface area (Å²) in [6.45, 7) is 2.85. The lowest BCUT2D eigenvalue weighted by molar-refractivity contribution is 0.194. The summed E-state index contributed by atoms with van der Waals surface area (Å²) in [5.41, 5.74) is 0.972. The summed E-state index contributed by atoms with van der Waals surface area (Å²) >= 11 is 0. The Morgan fingerprint density at radius 2 is 2.19 bits per heavy atom. The van der Waals surface area contributed by atoms with E-state index in [4.69, 9.17) is 14.5 Å². The molecule has 0 bridgehead atoms. The Morgan fingerprint density at radius 3 is 3.04 bits per heavy atom. The number of piperidine rings is 1. The first-order chi connectivity index (χ1) is 13.3. The molecule has 4 rings (SSSR count). The first kappa shape index (κ1) is 17.5. The zero-order valence-corrected chi connectivity index (χ0v) is 15.3. The van der Waals surface area contributed by atoms with E-state index in [0.717, 1.165) is 49.7 Å². The molecule has 1 aromatic carbocycles. The van der Waals surface area contributed by atoms with Gasteiger partial charge in [-0.2, -0.15) is 0 Å². The van der Waals surface area contributed by atoms with Crippen LogP contribution in [0.5, 0.6) is 17.4 Å². The number of imidazole rings is 1. The van der Waals surface area contributed by atoms with E-state index in [0.29, 0.717) is 17.5 Å². The van der Waals surface area contributed by atoms with Crippen molar-refractivity contribution in [3.8, 4) is 17.4 Å². The molecule has 7 nitrogen and oxygen atoms in total. The Balaban J connectivity index is 1.44. The highest BCUT2D eigenvalue weighted by molar-refractivity contribution is 5.35. The van der Waals surface area contributed by atoms with Crippen molar-refractivity contribution in [1.29, 1.82) is 0 Å². The van der Waals surface area contributed by atoms with E-state index in [-0.39, 0.29) is 0 Å². The predicted octanol–water partition coefficient (Wildman–Crippen LogP) is 3.38. The Labute approximate surface area is 158 Å². The second kappa shape index (κ2) is 8.18. The van der Waals surface area contributed by atoms with E-state index in [9.17, 15) is 0 Å². The third kappa shape index (κ3) is 4.43. The lowest BCUT2D eigenvalue weighted by Gasteiger charge is -2.31. The summed E-state index contributed by atoms with van der Waals surface area (Å²) in [6, 6.07) is 7.48. The number of benzene rings is 1. The molecule has 0 amide bonds. The number of likely N-dealkylation sites (tertiary alicyclic amines) is 1. The van der Waals surface area contributed by atoms with E-state index in [1.165, 1.54) is 0 Å². The fourth-order valence-corrected chi connectivity index (χ4v) is 3.43. The molecule has 0 aliphatic carbocycles. The van der Waals surface area contributed by atoms with Gasteiger partial charge in [-0.3, -0.25) is 9.88 Å². The number of H-pyrrole nitrogens is 1. The minimum atomic E-state index is 0.343. The topological polar surface area (TPSA) is 76.2 Å². The standard InChI is InChI=1S/C20H23N5O2/c1-26-16-5-2-6-17(10-16)27-20-12-21-11-18(24-20)15-4-3-9-25(13-15)14-19-22-7-8-23-19/h2,5-8,10-12,15H,3-4,9,13-14H2,1H3,(H,22,23)/t15-/m1/s1. The molecule has 1 aliphatic heterocycles. The van der Waals surface area contributed by atoms with Crippen LogP contribution in [0.25, 0.3) is 0 Å². The maximum absolute atomic E-state index is 5.88. The van der Waals surface area contributed by atoms with E-state index >= 15 is 0 Å². The molecule has 27 heavy (non-hydrogen) atoms. The molecular formula is C20H23N5O2. The van der Waals surface area contributed by atoms with Crippen LogP contribution in [-0.4, -0.2) is 45.0 Å². The third-order valence-corrected chi connectivity index (χ3v) is 4.75. The molecule has 3 heterocycles. The van der Waals surface area contributed by atoms with Crippen molar-refractivity contribution in [3.05, 3.63) is 60.6 Å². The first-order valence-corrected chi connectivity index (χ1v) is 9.14. The van der Waals surface area contributed by atoms with Gasteiger partial charge in [-0.25, -0.2) is 9.97 Å². The average molecular weight is 365 g/mol. The summed E-state index contributed by atoms with van der Waals surface area (Å²) in [5, 5.41) is 0. The summed E-state index contributed by atoms with van der Waals surface area (Å²) in [5.74, 6) is 3.28. The van der Waals surface area contributed by atoms with Crippen molar-refractivity contribution in [1.82, 2.24) is 24.8 Å². The molecule has 1 aliphatic rings. The molecule has 0 radical (unpaired) electrons. The van der Waals surface area contributed by atoms with Crippen molar-refractivity contribution < 1.29 is 9.47 Å². The minimum Gasteiger partial charge on any atom is -0.497 e. The molecule has 140 valence electrons. The molecule has 0 saturated carbocycles. The number of rotatable bonds is 6. The van der Waals surface area contributed by atoms with Crippen molar-refractivity contribution in [3.63, 3.8) is 0 Å². The van der Waals surface area contributed by atoms with Crippen LogP contribution in [-0.2, 0) is 6.54 Å². The van der Waals surface area contributed by atoms with Crippen LogP contribution in [0.15, 0.2) is 49.1 Å². The zero-order chi connectivity index (χ0) is 18.5. The van der Waals surface area contributed by atoms with Gasteiger partial charge in [0.25, 0.3) is 0 Å². The number of hydrogen-bond acceptors (Lipinski definition) is 6. The van der Waals surface area contributed by atoms with Crippen LogP contribution in [0.3, 0.4) is 0 Å². The Morgan fingerprint density at radius 1 is 1.26 bits per heavy atom. The van der Waals surface area contributed by atoms with Crippen molar-refractivity contribution in [2.24, 2.45) is 0 Å². The fourth-order valence-electron chi connectivity index (χ4n) is 3.43. The van der Waals surface area contributed by atoms with Gasteiger partial charge in [-0.15, -0.1) is 0 Å². The summed E-state index contributed by atoms with van der Waals surface area (Å²) in [7, 11) is 1.64. The van der Waals surface area contributed by atoms with Gasteiger partial charge in [-0.05, 0) is 31.5 Å². The second-order valence-corrected chi connectivity index (χ2v) is 6.67. The Bertz CT molecular complexity index is 868. The molecule has 3 aromatic rings. The van der Waals surface area contributed by atoms with E-state index < -0.39 is 0 Å². The lowest BCUT2D eigenvalue weighted by Crippen LogP contribution is -2.34. The third-order valence-electron chi connectivity index (χ3n) is 4.75. The van der Waals surface area contributed by atoms with E-state index in [1.54, 1.807) is 19.5 Å². The summed E-state index contributed by atoms with van der Waals surface area (Å²) < 4.78 is 11.1. The highest BCUT2D eigenvalue weighted by Gasteiger charge is 2.23. The second-order valence-electron chi connectivity index (χ2n) is 6.67. The maximum atomic E-state index is 5.88. The van der Waals surface area contributed by atoms with Gasteiger partial charge in [0.1, 0.15) is 17.3 Å². The van der Waals surface area contributed by atoms with Gasteiger partial charge in [0.05, 0.1) is 25.5 Å². The van der Waals surface area contributed by atoms with Gasteiger partial charge < -0.3 is 14.5 Å². The molecule has 1 fully saturated rings.